The van der Waals surface area contributed by atoms with Crippen LogP contribution in [-0.2, 0) is 0 Å². The molecule has 1 aliphatic carbocycles. The summed E-state index contributed by atoms with van der Waals surface area (Å²) in [6.45, 7) is 13.9. The minimum atomic E-state index is 0.00719. The van der Waals surface area contributed by atoms with Crippen LogP contribution in [0, 0.1) is 11.8 Å². The summed E-state index contributed by atoms with van der Waals surface area (Å²) < 4.78 is 0. The fourth-order valence-corrected chi connectivity index (χ4v) is 3.67. The monoisotopic (exact) mass is 284 g/mol. The van der Waals surface area contributed by atoms with Crippen molar-refractivity contribution in [1.82, 2.24) is 10.2 Å². The maximum absolute atomic E-state index is 9.91. The second-order valence-electron chi connectivity index (χ2n) is 6.91. The fraction of sp³-hybridized carbons (Fsp3) is 1.00. The summed E-state index contributed by atoms with van der Waals surface area (Å²) in [5.74, 6) is 1.37. The van der Waals surface area contributed by atoms with E-state index in [2.05, 4.69) is 37.9 Å². The molecule has 0 spiro atoms. The van der Waals surface area contributed by atoms with Gasteiger partial charge in [0.05, 0.1) is 6.61 Å². The quantitative estimate of drug-likeness (QED) is 0.647. The van der Waals surface area contributed by atoms with Gasteiger partial charge in [0.25, 0.3) is 0 Å². The molecule has 3 nitrogen and oxygen atoms in total. The Morgan fingerprint density at radius 1 is 1.35 bits per heavy atom. The number of aliphatic hydroxyl groups is 1. The molecule has 1 saturated carbocycles. The average Bonchev–Trinajstić information content (AvgIpc) is 2.84. The van der Waals surface area contributed by atoms with Crippen molar-refractivity contribution in [1.29, 1.82) is 0 Å². The Labute approximate surface area is 126 Å². The van der Waals surface area contributed by atoms with Crippen LogP contribution in [0.5, 0.6) is 0 Å². The van der Waals surface area contributed by atoms with Gasteiger partial charge >= 0.3 is 0 Å². The van der Waals surface area contributed by atoms with E-state index in [4.69, 9.17) is 0 Å². The second kappa shape index (κ2) is 9.01. The zero-order chi connectivity index (χ0) is 15.0. The molecule has 0 heterocycles. The molecular weight excluding hydrogens is 248 g/mol. The van der Waals surface area contributed by atoms with Gasteiger partial charge in [-0.1, -0.05) is 34.1 Å². The third-order valence-electron chi connectivity index (χ3n) is 4.83. The predicted octanol–water partition coefficient (Wildman–Crippen LogP) is 2.89. The first kappa shape index (κ1) is 17.9. The molecule has 0 aromatic carbocycles. The lowest BCUT2D eigenvalue weighted by Gasteiger charge is -2.36. The van der Waals surface area contributed by atoms with Crippen LogP contribution in [0.25, 0.3) is 0 Å². The number of hydrogen-bond donors (Lipinski definition) is 2. The molecule has 0 aromatic rings. The van der Waals surface area contributed by atoms with Crippen LogP contribution in [0.3, 0.4) is 0 Å². The molecule has 20 heavy (non-hydrogen) atoms. The van der Waals surface area contributed by atoms with Crippen LogP contribution in [0.4, 0.5) is 0 Å². The Bertz CT molecular complexity index is 257. The third-order valence-corrected chi connectivity index (χ3v) is 4.83. The highest BCUT2D eigenvalue weighted by Gasteiger charge is 2.41. The topological polar surface area (TPSA) is 35.5 Å². The second-order valence-corrected chi connectivity index (χ2v) is 6.91. The molecule has 2 unspecified atom stereocenters. The minimum absolute atomic E-state index is 0.00719. The number of nitrogens with one attached hydrogen (secondary N) is 1. The van der Waals surface area contributed by atoms with Crippen molar-refractivity contribution in [3.05, 3.63) is 0 Å². The van der Waals surface area contributed by atoms with Crippen molar-refractivity contribution in [3.63, 3.8) is 0 Å². The van der Waals surface area contributed by atoms with Gasteiger partial charge in [-0.2, -0.15) is 0 Å². The van der Waals surface area contributed by atoms with Gasteiger partial charge < -0.3 is 15.3 Å². The summed E-state index contributed by atoms with van der Waals surface area (Å²) in [7, 11) is 0. The van der Waals surface area contributed by atoms with Crippen LogP contribution in [0.2, 0.25) is 0 Å². The minimum Gasteiger partial charge on any atom is -0.394 e. The van der Waals surface area contributed by atoms with Gasteiger partial charge in [-0.05, 0) is 57.2 Å². The van der Waals surface area contributed by atoms with Crippen LogP contribution < -0.4 is 5.32 Å². The first-order valence-electron chi connectivity index (χ1n) is 8.66. The van der Waals surface area contributed by atoms with Crippen molar-refractivity contribution in [2.75, 3.05) is 32.8 Å². The molecule has 0 aliphatic heterocycles. The molecule has 0 bridgehead atoms. The Kier molecular flexibility index (Phi) is 8.08. The molecule has 120 valence electrons. The predicted molar refractivity (Wildman–Crippen MR) is 87.0 cm³/mol. The zero-order valence-electron chi connectivity index (χ0n) is 14.1. The zero-order valence-corrected chi connectivity index (χ0v) is 14.1. The lowest BCUT2D eigenvalue weighted by molar-refractivity contribution is 0.110. The van der Waals surface area contributed by atoms with Crippen molar-refractivity contribution >= 4 is 0 Å². The van der Waals surface area contributed by atoms with Gasteiger partial charge in [0.1, 0.15) is 0 Å². The van der Waals surface area contributed by atoms with E-state index < -0.39 is 0 Å². The van der Waals surface area contributed by atoms with Crippen LogP contribution >= 0.6 is 0 Å². The summed E-state index contributed by atoms with van der Waals surface area (Å²) in [4.78, 5) is 2.56. The summed E-state index contributed by atoms with van der Waals surface area (Å²) in [5, 5.41) is 13.6. The molecule has 3 heteroatoms. The smallest absolute Gasteiger partial charge is 0.0616 e. The molecular formula is C17H36N2O. The highest BCUT2D eigenvalue weighted by atomic mass is 16.3. The van der Waals surface area contributed by atoms with Gasteiger partial charge in [0.2, 0.25) is 0 Å². The maximum Gasteiger partial charge on any atom is 0.0616 e. The molecule has 1 fully saturated rings. The summed E-state index contributed by atoms with van der Waals surface area (Å²) in [5.41, 5.74) is 0.00719. The molecule has 0 aromatic heterocycles. The molecule has 0 radical (unpaired) electrons. The molecule has 2 atom stereocenters. The lowest BCUT2D eigenvalue weighted by Crippen LogP contribution is -2.52. The van der Waals surface area contributed by atoms with Gasteiger partial charge in [-0.25, -0.2) is 0 Å². The van der Waals surface area contributed by atoms with E-state index in [1.165, 1.54) is 32.4 Å². The van der Waals surface area contributed by atoms with E-state index in [0.29, 0.717) is 12.5 Å². The van der Waals surface area contributed by atoms with E-state index in [1.54, 1.807) is 0 Å². The highest BCUT2D eigenvalue weighted by Crippen LogP contribution is 2.37. The summed E-state index contributed by atoms with van der Waals surface area (Å²) in [6.07, 6.45) is 6.04. The third kappa shape index (κ3) is 5.01. The number of nitrogens with zero attached hydrogens (tertiary/aromatic N) is 1. The molecule has 1 rings (SSSR count). The largest absolute Gasteiger partial charge is 0.394 e. The molecule has 2 N–H and O–H groups in total. The van der Waals surface area contributed by atoms with Crippen molar-refractivity contribution in [3.8, 4) is 0 Å². The van der Waals surface area contributed by atoms with Crippen molar-refractivity contribution < 1.29 is 5.11 Å². The van der Waals surface area contributed by atoms with Gasteiger partial charge in [0.15, 0.2) is 0 Å². The summed E-state index contributed by atoms with van der Waals surface area (Å²) >= 11 is 0. The number of rotatable bonds is 10. The van der Waals surface area contributed by atoms with Crippen molar-refractivity contribution in [2.24, 2.45) is 11.8 Å². The Morgan fingerprint density at radius 3 is 2.65 bits per heavy atom. The Hall–Kier alpha value is -0.120. The summed E-state index contributed by atoms with van der Waals surface area (Å²) in [6, 6.07) is 0. The van der Waals surface area contributed by atoms with Gasteiger partial charge in [-0.3, -0.25) is 0 Å². The van der Waals surface area contributed by atoms with Crippen LogP contribution in [0.1, 0.15) is 59.8 Å². The maximum atomic E-state index is 9.91. The van der Waals surface area contributed by atoms with E-state index >= 15 is 0 Å². The Morgan fingerprint density at radius 2 is 2.10 bits per heavy atom. The van der Waals surface area contributed by atoms with E-state index in [-0.39, 0.29) is 5.54 Å². The molecule has 0 saturated heterocycles. The van der Waals surface area contributed by atoms with Gasteiger partial charge in [-0.15, -0.1) is 0 Å². The average molecular weight is 284 g/mol. The van der Waals surface area contributed by atoms with Crippen LogP contribution in [-0.4, -0.2) is 48.3 Å². The highest BCUT2D eigenvalue weighted by molar-refractivity contribution is 4.99. The van der Waals surface area contributed by atoms with E-state index in [1.807, 2.05) is 0 Å². The van der Waals surface area contributed by atoms with E-state index in [9.17, 15) is 5.11 Å². The lowest BCUT2D eigenvalue weighted by atomic mass is 9.85. The number of aliphatic hydroxyl groups excluding tert-OH is 1. The molecule has 1 aliphatic rings. The number of hydrogen-bond acceptors (Lipinski definition) is 3. The van der Waals surface area contributed by atoms with Gasteiger partial charge in [0, 0.05) is 12.1 Å². The fourth-order valence-electron chi connectivity index (χ4n) is 3.67. The standard InChI is InChI=1S/C17H36N2O/c1-5-11-18-17(14-20)10-7-8-16(17)9-12-19(6-2)13-15(3)4/h15-16,18,20H,5-14H2,1-4H3. The van der Waals surface area contributed by atoms with Crippen LogP contribution in [0.15, 0.2) is 0 Å². The molecule has 0 amide bonds. The first-order chi connectivity index (χ1) is 9.57. The van der Waals surface area contributed by atoms with E-state index in [0.717, 1.165) is 31.8 Å². The Balaban J connectivity index is 2.51. The normalized spacial score (nSPS) is 26.9. The SMILES string of the molecule is CCCNC1(CO)CCCC1CCN(CC)CC(C)C. The van der Waals surface area contributed by atoms with Crippen molar-refractivity contribution in [2.45, 2.75) is 65.3 Å². The first-order valence-corrected chi connectivity index (χ1v) is 8.66.